The number of nitrogen functional groups attached to an aromatic ring is 1. The van der Waals surface area contributed by atoms with Crippen LogP contribution < -0.4 is 5.73 Å². The lowest BCUT2D eigenvalue weighted by atomic mass is 10.3. The summed E-state index contributed by atoms with van der Waals surface area (Å²) < 4.78 is 1.51. The van der Waals surface area contributed by atoms with Gasteiger partial charge in [-0.05, 0) is 6.92 Å². The van der Waals surface area contributed by atoms with Crippen LogP contribution in [0.2, 0.25) is 0 Å². The fourth-order valence-electron chi connectivity index (χ4n) is 1.39. The zero-order valence-electron chi connectivity index (χ0n) is 9.32. The summed E-state index contributed by atoms with van der Waals surface area (Å²) in [5, 5.41) is 4.09. The normalized spacial score (nSPS) is 10.1. The Bertz CT molecular complexity index is 394. The molecule has 0 aliphatic rings. The molecule has 1 heterocycles. The van der Waals surface area contributed by atoms with E-state index in [4.69, 9.17) is 5.73 Å². The number of anilines is 1. The highest BCUT2D eigenvalue weighted by Crippen LogP contribution is 2.16. The topological polar surface area (TPSA) is 64.2 Å². The Morgan fingerprint density at radius 2 is 2.33 bits per heavy atom. The predicted molar refractivity (Wildman–Crippen MR) is 59.5 cm³/mol. The summed E-state index contributed by atoms with van der Waals surface area (Å²) in [6, 6.07) is 0. The largest absolute Gasteiger partial charge is 0.395 e. The maximum atomic E-state index is 11.9. The first-order chi connectivity index (χ1) is 6.99. The number of nitrogens with zero attached hydrogens (tertiary/aromatic N) is 3. The van der Waals surface area contributed by atoms with E-state index in [0.29, 0.717) is 23.6 Å². The van der Waals surface area contributed by atoms with Crippen LogP contribution in [0.5, 0.6) is 0 Å². The third-order valence-electron chi connectivity index (χ3n) is 2.22. The van der Waals surface area contributed by atoms with E-state index in [1.807, 2.05) is 0 Å². The number of likely N-dealkylation sites (N-methyl/N-ethyl adjacent to an activating group) is 1. The summed E-state index contributed by atoms with van der Waals surface area (Å²) in [5.74, 6) is -0.143. The number of aryl methyl sites for hydroxylation is 2. The molecular weight excluding hydrogens is 192 g/mol. The van der Waals surface area contributed by atoms with Gasteiger partial charge in [0.2, 0.25) is 0 Å². The number of carbonyl (C=O) groups is 1. The Balaban J connectivity index is 3.05. The van der Waals surface area contributed by atoms with Gasteiger partial charge in [-0.1, -0.05) is 6.08 Å². The van der Waals surface area contributed by atoms with Gasteiger partial charge in [0.05, 0.1) is 11.4 Å². The second-order valence-electron chi connectivity index (χ2n) is 3.45. The standard InChI is InChI=1S/C10H16N4O/c1-5-6-13(3)10(15)9-8(11)7(2)12-14(9)4/h5H,1,6,11H2,2-4H3. The molecule has 82 valence electrons. The first-order valence-corrected chi connectivity index (χ1v) is 4.64. The molecule has 0 unspecified atom stereocenters. The van der Waals surface area contributed by atoms with Crippen LogP contribution in [0, 0.1) is 6.92 Å². The molecule has 0 spiro atoms. The molecule has 0 radical (unpaired) electrons. The summed E-state index contributed by atoms with van der Waals surface area (Å²) in [5.41, 5.74) is 7.33. The first kappa shape index (κ1) is 11.3. The van der Waals surface area contributed by atoms with Crippen molar-refractivity contribution in [2.45, 2.75) is 6.92 Å². The van der Waals surface area contributed by atoms with Gasteiger partial charge in [-0.3, -0.25) is 9.48 Å². The highest BCUT2D eigenvalue weighted by atomic mass is 16.2. The number of amides is 1. The van der Waals surface area contributed by atoms with Crippen LogP contribution in [-0.2, 0) is 7.05 Å². The van der Waals surface area contributed by atoms with Crippen molar-refractivity contribution in [3.63, 3.8) is 0 Å². The Labute approximate surface area is 89.2 Å². The maximum Gasteiger partial charge on any atom is 0.274 e. The zero-order chi connectivity index (χ0) is 11.6. The van der Waals surface area contributed by atoms with Gasteiger partial charge in [-0.2, -0.15) is 5.10 Å². The fraction of sp³-hybridized carbons (Fsp3) is 0.400. The molecule has 2 N–H and O–H groups in total. The minimum atomic E-state index is -0.143. The monoisotopic (exact) mass is 208 g/mol. The van der Waals surface area contributed by atoms with Crippen molar-refractivity contribution >= 4 is 11.6 Å². The molecule has 5 heteroatoms. The molecule has 0 bridgehead atoms. The molecular formula is C10H16N4O. The SMILES string of the molecule is C=CCN(C)C(=O)c1c(N)c(C)nn1C. The molecule has 1 amide bonds. The highest BCUT2D eigenvalue weighted by molar-refractivity contribution is 5.97. The van der Waals surface area contributed by atoms with Crippen molar-refractivity contribution < 1.29 is 4.79 Å². The van der Waals surface area contributed by atoms with Gasteiger partial charge < -0.3 is 10.6 Å². The van der Waals surface area contributed by atoms with E-state index in [-0.39, 0.29) is 5.91 Å². The van der Waals surface area contributed by atoms with Crippen LogP contribution >= 0.6 is 0 Å². The van der Waals surface area contributed by atoms with Crippen molar-refractivity contribution in [3.05, 3.63) is 24.0 Å². The zero-order valence-corrected chi connectivity index (χ0v) is 9.32. The van der Waals surface area contributed by atoms with Gasteiger partial charge >= 0.3 is 0 Å². The molecule has 0 atom stereocenters. The molecule has 1 aromatic rings. The second-order valence-corrected chi connectivity index (χ2v) is 3.45. The minimum absolute atomic E-state index is 0.143. The molecule has 15 heavy (non-hydrogen) atoms. The molecule has 0 aliphatic carbocycles. The number of hydrogen-bond acceptors (Lipinski definition) is 3. The van der Waals surface area contributed by atoms with Gasteiger partial charge in [-0.15, -0.1) is 6.58 Å². The fourth-order valence-corrected chi connectivity index (χ4v) is 1.39. The van der Waals surface area contributed by atoms with Gasteiger partial charge in [0.1, 0.15) is 5.69 Å². The average molecular weight is 208 g/mol. The van der Waals surface area contributed by atoms with Crippen molar-refractivity contribution in [1.82, 2.24) is 14.7 Å². The third kappa shape index (κ3) is 2.01. The lowest BCUT2D eigenvalue weighted by Crippen LogP contribution is -2.29. The van der Waals surface area contributed by atoms with Gasteiger partial charge in [0.25, 0.3) is 5.91 Å². The van der Waals surface area contributed by atoms with Crippen molar-refractivity contribution in [1.29, 1.82) is 0 Å². The smallest absolute Gasteiger partial charge is 0.274 e. The molecule has 0 saturated heterocycles. The van der Waals surface area contributed by atoms with Gasteiger partial charge in [-0.25, -0.2) is 0 Å². The predicted octanol–water partition coefficient (Wildman–Crippen LogP) is 0.569. The minimum Gasteiger partial charge on any atom is -0.395 e. The number of hydrogen-bond donors (Lipinski definition) is 1. The van der Waals surface area contributed by atoms with Crippen molar-refractivity contribution in [3.8, 4) is 0 Å². The molecule has 0 fully saturated rings. The maximum absolute atomic E-state index is 11.9. The van der Waals surface area contributed by atoms with E-state index < -0.39 is 0 Å². The third-order valence-corrected chi connectivity index (χ3v) is 2.22. The Morgan fingerprint density at radius 1 is 1.73 bits per heavy atom. The van der Waals surface area contributed by atoms with Gasteiger partial charge in [0.15, 0.2) is 0 Å². The van der Waals surface area contributed by atoms with Crippen LogP contribution in [0.15, 0.2) is 12.7 Å². The summed E-state index contributed by atoms with van der Waals surface area (Å²) in [4.78, 5) is 13.5. The van der Waals surface area contributed by atoms with Crippen LogP contribution in [-0.4, -0.2) is 34.2 Å². The van der Waals surface area contributed by atoms with E-state index in [0.717, 1.165) is 0 Å². The summed E-state index contributed by atoms with van der Waals surface area (Å²) in [7, 11) is 3.41. The molecule has 1 rings (SSSR count). The average Bonchev–Trinajstić information content (AvgIpc) is 2.41. The van der Waals surface area contributed by atoms with E-state index in [1.54, 1.807) is 32.0 Å². The van der Waals surface area contributed by atoms with Crippen molar-refractivity contribution in [2.75, 3.05) is 19.3 Å². The first-order valence-electron chi connectivity index (χ1n) is 4.64. The quantitative estimate of drug-likeness (QED) is 0.738. The van der Waals surface area contributed by atoms with E-state index >= 15 is 0 Å². The molecule has 0 saturated carbocycles. The van der Waals surface area contributed by atoms with Gasteiger partial charge in [0, 0.05) is 20.6 Å². The number of carbonyl (C=O) groups excluding carboxylic acids is 1. The number of nitrogens with two attached hydrogens (primary N) is 1. The molecule has 0 aromatic carbocycles. The Kier molecular flexibility index (Phi) is 3.14. The van der Waals surface area contributed by atoms with Crippen LogP contribution in [0.3, 0.4) is 0 Å². The Morgan fingerprint density at radius 3 is 2.73 bits per heavy atom. The molecule has 0 aliphatic heterocycles. The lowest BCUT2D eigenvalue weighted by molar-refractivity contribution is 0.0800. The van der Waals surface area contributed by atoms with E-state index in [2.05, 4.69) is 11.7 Å². The number of aromatic nitrogens is 2. The lowest BCUT2D eigenvalue weighted by Gasteiger charge is -2.15. The van der Waals surface area contributed by atoms with E-state index in [1.165, 1.54) is 4.68 Å². The number of rotatable bonds is 3. The van der Waals surface area contributed by atoms with Crippen LogP contribution in [0.1, 0.15) is 16.2 Å². The summed E-state index contributed by atoms with van der Waals surface area (Å²) in [6.07, 6.45) is 1.66. The highest BCUT2D eigenvalue weighted by Gasteiger charge is 2.20. The van der Waals surface area contributed by atoms with Crippen LogP contribution in [0.4, 0.5) is 5.69 Å². The molecule has 1 aromatic heterocycles. The summed E-state index contributed by atoms with van der Waals surface area (Å²) in [6.45, 7) is 5.85. The van der Waals surface area contributed by atoms with Crippen LogP contribution in [0.25, 0.3) is 0 Å². The Hall–Kier alpha value is -1.78. The van der Waals surface area contributed by atoms with E-state index in [9.17, 15) is 4.79 Å². The second kappa shape index (κ2) is 4.16. The molecule has 5 nitrogen and oxygen atoms in total. The van der Waals surface area contributed by atoms with Crippen molar-refractivity contribution in [2.24, 2.45) is 7.05 Å². The summed E-state index contributed by atoms with van der Waals surface area (Å²) >= 11 is 0.